The Morgan fingerprint density at radius 1 is 1.28 bits per heavy atom. The normalized spacial score (nSPS) is 12.9. The first-order valence-corrected chi connectivity index (χ1v) is 6.45. The number of aromatic nitrogens is 2. The third-order valence-electron chi connectivity index (χ3n) is 2.19. The van der Waals surface area contributed by atoms with Crippen molar-refractivity contribution in [3.8, 4) is 0 Å². The highest BCUT2D eigenvalue weighted by Crippen LogP contribution is 2.16. The van der Waals surface area contributed by atoms with Crippen LogP contribution in [0.15, 0.2) is 12.4 Å². The van der Waals surface area contributed by atoms with Crippen molar-refractivity contribution in [2.45, 2.75) is 32.5 Å². The molecule has 1 N–H and O–H groups in total. The predicted molar refractivity (Wildman–Crippen MR) is 72.8 cm³/mol. The molecule has 1 atom stereocenters. The second-order valence-corrected chi connectivity index (χ2v) is 6.34. The average molecular weight is 314 g/mol. The number of anilines is 1. The highest BCUT2D eigenvalue weighted by Gasteiger charge is 2.22. The van der Waals surface area contributed by atoms with Gasteiger partial charge in [0.15, 0.2) is 11.6 Å². The van der Waals surface area contributed by atoms with Crippen LogP contribution in [0.4, 0.5) is 5.82 Å². The molecular formula is C12H16BrN3O2. The van der Waals surface area contributed by atoms with Crippen molar-refractivity contribution in [1.82, 2.24) is 9.97 Å². The first-order valence-electron chi connectivity index (χ1n) is 5.53. The van der Waals surface area contributed by atoms with E-state index in [2.05, 4.69) is 31.2 Å². The van der Waals surface area contributed by atoms with E-state index in [0.29, 0.717) is 5.82 Å². The molecule has 0 saturated carbocycles. The van der Waals surface area contributed by atoms with E-state index in [1.807, 2.05) is 0 Å². The maximum absolute atomic E-state index is 11.7. The summed E-state index contributed by atoms with van der Waals surface area (Å²) in [6.45, 7) is 7.14. The maximum Gasteiger partial charge on any atom is 0.230 e. The standard InChI is InChI=1S/C12H16BrN3O2/c1-7(13)10(17)8-5-15-9(6-14-8)16-11(18)12(2,3)4/h5-7H,1-4H3,(H,15,16,18). The number of rotatable bonds is 3. The van der Waals surface area contributed by atoms with Gasteiger partial charge in [-0.25, -0.2) is 9.97 Å². The van der Waals surface area contributed by atoms with Gasteiger partial charge < -0.3 is 5.32 Å². The molecule has 1 aromatic rings. The lowest BCUT2D eigenvalue weighted by molar-refractivity contribution is -0.123. The Bertz CT molecular complexity index is 449. The fourth-order valence-electron chi connectivity index (χ4n) is 1.03. The van der Waals surface area contributed by atoms with E-state index in [1.54, 1.807) is 27.7 Å². The lowest BCUT2D eigenvalue weighted by atomic mass is 9.96. The number of Topliss-reactive ketones (excluding diaryl/α,β-unsaturated/α-hetero) is 1. The molecule has 0 aliphatic carbocycles. The van der Waals surface area contributed by atoms with Crippen molar-refractivity contribution >= 4 is 33.4 Å². The van der Waals surface area contributed by atoms with Gasteiger partial charge in [-0.05, 0) is 6.92 Å². The molecule has 1 rings (SSSR count). The van der Waals surface area contributed by atoms with Crippen molar-refractivity contribution in [3.05, 3.63) is 18.1 Å². The van der Waals surface area contributed by atoms with Crippen LogP contribution in [0.3, 0.4) is 0 Å². The molecule has 0 aromatic carbocycles. The molecule has 1 heterocycles. The van der Waals surface area contributed by atoms with Gasteiger partial charge in [0.25, 0.3) is 0 Å². The van der Waals surface area contributed by atoms with Gasteiger partial charge in [-0.3, -0.25) is 9.59 Å². The molecule has 0 aliphatic heterocycles. The molecule has 5 nitrogen and oxygen atoms in total. The first kappa shape index (κ1) is 14.8. The molecule has 1 unspecified atom stereocenters. The van der Waals surface area contributed by atoms with Crippen LogP contribution in [0.25, 0.3) is 0 Å². The molecule has 0 aliphatic rings. The zero-order chi connectivity index (χ0) is 13.9. The zero-order valence-electron chi connectivity index (χ0n) is 10.8. The molecule has 0 saturated heterocycles. The van der Waals surface area contributed by atoms with Gasteiger partial charge in [0, 0.05) is 5.41 Å². The average Bonchev–Trinajstić information content (AvgIpc) is 2.27. The number of nitrogens with one attached hydrogen (secondary N) is 1. The number of alkyl halides is 1. The topological polar surface area (TPSA) is 72.0 Å². The van der Waals surface area contributed by atoms with E-state index < -0.39 is 5.41 Å². The summed E-state index contributed by atoms with van der Waals surface area (Å²) in [5.41, 5.74) is -0.228. The quantitative estimate of drug-likeness (QED) is 0.687. The Morgan fingerprint density at radius 2 is 1.89 bits per heavy atom. The van der Waals surface area contributed by atoms with Crippen LogP contribution >= 0.6 is 15.9 Å². The molecule has 1 amide bonds. The Morgan fingerprint density at radius 3 is 2.28 bits per heavy atom. The summed E-state index contributed by atoms with van der Waals surface area (Å²) in [5, 5.41) is 2.64. The molecule has 0 spiro atoms. The van der Waals surface area contributed by atoms with Crippen LogP contribution in [0, 0.1) is 5.41 Å². The SMILES string of the molecule is CC(Br)C(=O)c1cnc(NC(=O)C(C)(C)C)cn1. The van der Waals surface area contributed by atoms with Gasteiger partial charge in [-0.2, -0.15) is 0 Å². The van der Waals surface area contributed by atoms with E-state index in [9.17, 15) is 9.59 Å². The lowest BCUT2D eigenvalue weighted by Gasteiger charge is -2.16. The van der Waals surface area contributed by atoms with Crippen LogP contribution in [0.5, 0.6) is 0 Å². The third-order valence-corrected chi connectivity index (χ3v) is 2.60. The largest absolute Gasteiger partial charge is 0.309 e. The third kappa shape index (κ3) is 3.87. The predicted octanol–water partition coefficient (Wildman–Crippen LogP) is 2.43. The lowest BCUT2D eigenvalue weighted by Crippen LogP contribution is -2.28. The zero-order valence-corrected chi connectivity index (χ0v) is 12.4. The summed E-state index contributed by atoms with van der Waals surface area (Å²) < 4.78 is 0. The number of halogens is 1. The van der Waals surface area contributed by atoms with E-state index in [4.69, 9.17) is 0 Å². The molecule has 1 aromatic heterocycles. The van der Waals surface area contributed by atoms with Gasteiger partial charge in [0.05, 0.1) is 17.2 Å². The van der Waals surface area contributed by atoms with Crippen molar-refractivity contribution in [1.29, 1.82) is 0 Å². The summed E-state index contributed by atoms with van der Waals surface area (Å²) in [4.78, 5) is 31.0. The van der Waals surface area contributed by atoms with Crippen molar-refractivity contribution in [2.75, 3.05) is 5.32 Å². The Hall–Kier alpha value is -1.30. The number of amides is 1. The Balaban J connectivity index is 2.78. The smallest absolute Gasteiger partial charge is 0.230 e. The van der Waals surface area contributed by atoms with E-state index in [0.717, 1.165) is 0 Å². The minimum absolute atomic E-state index is 0.142. The minimum atomic E-state index is -0.499. The van der Waals surface area contributed by atoms with E-state index in [1.165, 1.54) is 12.4 Å². The van der Waals surface area contributed by atoms with Gasteiger partial charge in [0.2, 0.25) is 5.91 Å². The highest BCUT2D eigenvalue weighted by atomic mass is 79.9. The first-order chi connectivity index (χ1) is 8.21. The number of carbonyl (C=O) groups excluding carboxylic acids is 2. The second kappa shape index (κ2) is 5.56. The fourth-order valence-corrected chi connectivity index (χ4v) is 1.26. The van der Waals surface area contributed by atoms with Gasteiger partial charge in [-0.1, -0.05) is 36.7 Å². The molecule has 0 radical (unpaired) electrons. The molecule has 0 bridgehead atoms. The molecule has 18 heavy (non-hydrogen) atoms. The molecule has 0 fully saturated rings. The Labute approximate surface area is 115 Å². The minimum Gasteiger partial charge on any atom is -0.309 e. The van der Waals surface area contributed by atoms with Crippen LogP contribution in [0.1, 0.15) is 38.2 Å². The van der Waals surface area contributed by atoms with E-state index in [-0.39, 0.29) is 22.2 Å². The summed E-state index contributed by atoms with van der Waals surface area (Å²) in [6, 6.07) is 0. The van der Waals surface area contributed by atoms with Gasteiger partial charge >= 0.3 is 0 Å². The Kier molecular flexibility index (Phi) is 4.56. The van der Waals surface area contributed by atoms with Gasteiger partial charge in [-0.15, -0.1) is 0 Å². The van der Waals surface area contributed by atoms with Crippen molar-refractivity contribution in [3.63, 3.8) is 0 Å². The van der Waals surface area contributed by atoms with Gasteiger partial charge in [0.1, 0.15) is 5.69 Å². The number of nitrogens with zero attached hydrogens (tertiary/aromatic N) is 2. The summed E-state index contributed by atoms with van der Waals surface area (Å²) >= 11 is 3.17. The monoisotopic (exact) mass is 313 g/mol. The van der Waals surface area contributed by atoms with Crippen LogP contribution < -0.4 is 5.32 Å². The summed E-state index contributed by atoms with van der Waals surface area (Å²) in [6.07, 6.45) is 2.74. The van der Waals surface area contributed by atoms with Crippen LogP contribution in [-0.4, -0.2) is 26.5 Å². The van der Waals surface area contributed by atoms with E-state index >= 15 is 0 Å². The highest BCUT2D eigenvalue weighted by molar-refractivity contribution is 9.10. The number of carbonyl (C=O) groups is 2. The van der Waals surface area contributed by atoms with Crippen molar-refractivity contribution in [2.24, 2.45) is 5.41 Å². The number of hydrogen-bond acceptors (Lipinski definition) is 4. The molecule has 98 valence electrons. The summed E-state index contributed by atoms with van der Waals surface area (Å²) in [7, 11) is 0. The van der Waals surface area contributed by atoms with Crippen molar-refractivity contribution < 1.29 is 9.59 Å². The molecular weight excluding hydrogens is 298 g/mol. The number of hydrogen-bond donors (Lipinski definition) is 1. The van der Waals surface area contributed by atoms with Crippen LogP contribution in [-0.2, 0) is 4.79 Å². The fraction of sp³-hybridized carbons (Fsp3) is 0.500. The summed E-state index contributed by atoms with van der Waals surface area (Å²) in [5.74, 6) is 0.0506. The second-order valence-electron chi connectivity index (χ2n) is 4.97. The maximum atomic E-state index is 11.7. The van der Waals surface area contributed by atoms with Crippen LogP contribution in [0.2, 0.25) is 0 Å². The number of ketones is 1. The molecule has 6 heteroatoms.